The Labute approximate surface area is 83.4 Å². The minimum atomic E-state index is -1.10. The van der Waals surface area contributed by atoms with E-state index in [4.69, 9.17) is 0 Å². The molecule has 0 fully saturated rings. The fourth-order valence-corrected chi connectivity index (χ4v) is 0.837. The van der Waals surface area contributed by atoms with Crippen LogP contribution in [0.2, 0.25) is 0 Å². The van der Waals surface area contributed by atoms with Crippen molar-refractivity contribution in [2.45, 2.75) is 32.9 Å². The molecular formula is C9H17NO4. The van der Waals surface area contributed by atoms with Gasteiger partial charge in [0, 0.05) is 0 Å². The Kier molecular flexibility index (Phi) is 5.15. The standard InChI is InChI=1S/C9H17NO4/c1-5(2)7(11)8(12)10-6(3)9(13)14-4/h5-7,11H,1-4H3,(H,10,12)/t6-,7+/m1/s1. The first-order chi connectivity index (χ1) is 6.40. The maximum absolute atomic E-state index is 11.2. The van der Waals surface area contributed by atoms with E-state index in [2.05, 4.69) is 10.1 Å². The van der Waals surface area contributed by atoms with Crippen molar-refractivity contribution in [3.05, 3.63) is 0 Å². The van der Waals surface area contributed by atoms with Crippen LogP contribution in [-0.4, -0.2) is 36.2 Å². The van der Waals surface area contributed by atoms with Crippen molar-refractivity contribution >= 4 is 11.9 Å². The number of ether oxygens (including phenoxy) is 1. The second-order valence-electron chi connectivity index (χ2n) is 3.44. The summed E-state index contributed by atoms with van der Waals surface area (Å²) in [6.45, 7) is 4.93. The first-order valence-corrected chi connectivity index (χ1v) is 4.46. The highest BCUT2D eigenvalue weighted by molar-refractivity contribution is 5.86. The Hall–Kier alpha value is -1.10. The van der Waals surface area contributed by atoms with Gasteiger partial charge < -0.3 is 15.2 Å². The van der Waals surface area contributed by atoms with E-state index in [9.17, 15) is 14.7 Å². The van der Waals surface area contributed by atoms with E-state index in [1.165, 1.54) is 14.0 Å². The minimum Gasteiger partial charge on any atom is -0.467 e. The van der Waals surface area contributed by atoms with Crippen LogP contribution < -0.4 is 5.32 Å². The largest absolute Gasteiger partial charge is 0.467 e. The van der Waals surface area contributed by atoms with Gasteiger partial charge in [-0.05, 0) is 12.8 Å². The van der Waals surface area contributed by atoms with Gasteiger partial charge in [0.15, 0.2) is 0 Å². The van der Waals surface area contributed by atoms with Crippen molar-refractivity contribution in [2.75, 3.05) is 7.11 Å². The molecule has 2 N–H and O–H groups in total. The van der Waals surface area contributed by atoms with Crippen molar-refractivity contribution in [2.24, 2.45) is 5.92 Å². The highest BCUT2D eigenvalue weighted by Gasteiger charge is 2.23. The number of rotatable bonds is 4. The number of esters is 1. The average molecular weight is 203 g/mol. The van der Waals surface area contributed by atoms with Crippen LogP contribution in [0.4, 0.5) is 0 Å². The molecule has 0 saturated carbocycles. The molecule has 0 heterocycles. The maximum Gasteiger partial charge on any atom is 0.328 e. The number of nitrogens with one attached hydrogen (secondary N) is 1. The van der Waals surface area contributed by atoms with Gasteiger partial charge in [0.1, 0.15) is 12.1 Å². The third kappa shape index (κ3) is 3.74. The lowest BCUT2D eigenvalue weighted by molar-refractivity contribution is -0.146. The third-order valence-electron chi connectivity index (χ3n) is 1.81. The van der Waals surface area contributed by atoms with E-state index < -0.39 is 24.0 Å². The lowest BCUT2D eigenvalue weighted by Crippen LogP contribution is -2.45. The number of aliphatic hydroxyl groups is 1. The Bertz CT molecular complexity index is 215. The van der Waals surface area contributed by atoms with E-state index in [0.29, 0.717) is 0 Å². The fourth-order valence-electron chi connectivity index (χ4n) is 0.837. The summed E-state index contributed by atoms with van der Waals surface area (Å²) in [5, 5.41) is 11.7. The predicted octanol–water partition coefficient (Wildman–Crippen LogP) is -0.319. The highest BCUT2D eigenvalue weighted by Crippen LogP contribution is 2.01. The molecule has 0 aliphatic rings. The number of hydrogen-bond acceptors (Lipinski definition) is 4. The van der Waals surface area contributed by atoms with Crippen LogP contribution in [0.1, 0.15) is 20.8 Å². The summed E-state index contributed by atoms with van der Waals surface area (Å²) in [6.07, 6.45) is -1.10. The Morgan fingerprint density at radius 1 is 1.29 bits per heavy atom. The minimum absolute atomic E-state index is 0.181. The lowest BCUT2D eigenvalue weighted by atomic mass is 10.1. The molecule has 14 heavy (non-hydrogen) atoms. The van der Waals surface area contributed by atoms with Gasteiger partial charge in [-0.25, -0.2) is 4.79 Å². The van der Waals surface area contributed by atoms with Gasteiger partial charge in [-0.15, -0.1) is 0 Å². The summed E-state index contributed by atoms with van der Waals surface area (Å²) in [5.41, 5.74) is 0. The molecule has 0 spiro atoms. The molecule has 0 aliphatic carbocycles. The molecule has 5 nitrogen and oxygen atoms in total. The predicted molar refractivity (Wildman–Crippen MR) is 50.5 cm³/mol. The molecule has 5 heteroatoms. The van der Waals surface area contributed by atoms with Crippen LogP contribution in [0.15, 0.2) is 0 Å². The Morgan fingerprint density at radius 2 is 1.79 bits per heavy atom. The molecule has 0 unspecified atom stereocenters. The first kappa shape index (κ1) is 12.9. The second kappa shape index (κ2) is 5.59. The van der Waals surface area contributed by atoms with Crippen molar-refractivity contribution in [1.82, 2.24) is 5.32 Å². The molecule has 0 aromatic rings. The van der Waals surface area contributed by atoms with E-state index in [-0.39, 0.29) is 5.92 Å². The van der Waals surface area contributed by atoms with Crippen LogP contribution in [0.25, 0.3) is 0 Å². The summed E-state index contributed by atoms with van der Waals surface area (Å²) in [4.78, 5) is 22.2. The molecule has 0 saturated heterocycles. The van der Waals surface area contributed by atoms with E-state index in [1.807, 2.05) is 0 Å². The molecule has 0 aromatic carbocycles. The number of aliphatic hydroxyl groups excluding tert-OH is 1. The molecule has 0 radical (unpaired) electrons. The lowest BCUT2D eigenvalue weighted by Gasteiger charge is -2.17. The number of methoxy groups -OCH3 is 1. The van der Waals surface area contributed by atoms with E-state index >= 15 is 0 Å². The average Bonchev–Trinajstić information content (AvgIpc) is 2.14. The van der Waals surface area contributed by atoms with E-state index in [0.717, 1.165) is 0 Å². The van der Waals surface area contributed by atoms with Crippen LogP contribution >= 0.6 is 0 Å². The summed E-state index contributed by atoms with van der Waals surface area (Å²) >= 11 is 0. The number of carbonyl (C=O) groups excluding carboxylic acids is 2. The monoisotopic (exact) mass is 203 g/mol. The summed E-state index contributed by atoms with van der Waals surface area (Å²) in [6, 6.07) is -0.735. The second-order valence-corrected chi connectivity index (χ2v) is 3.44. The normalized spacial score (nSPS) is 14.7. The Balaban J connectivity index is 4.12. The molecule has 2 atom stereocenters. The van der Waals surface area contributed by atoms with Gasteiger partial charge >= 0.3 is 5.97 Å². The molecule has 0 aromatic heterocycles. The van der Waals surface area contributed by atoms with Gasteiger partial charge in [-0.2, -0.15) is 0 Å². The van der Waals surface area contributed by atoms with Crippen LogP contribution in [0.5, 0.6) is 0 Å². The molecular weight excluding hydrogens is 186 g/mol. The Morgan fingerprint density at radius 3 is 2.14 bits per heavy atom. The topological polar surface area (TPSA) is 75.6 Å². The summed E-state index contributed by atoms with van der Waals surface area (Å²) in [7, 11) is 1.24. The van der Waals surface area contributed by atoms with E-state index in [1.54, 1.807) is 13.8 Å². The van der Waals surface area contributed by atoms with Crippen LogP contribution in [0, 0.1) is 5.92 Å². The van der Waals surface area contributed by atoms with Crippen LogP contribution in [0.3, 0.4) is 0 Å². The number of amides is 1. The third-order valence-corrected chi connectivity index (χ3v) is 1.81. The summed E-state index contributed by atoms with van der Waals surface area (Å²) < 4.78 is 4.42. The number of hydrogen-bond donors (Lipinski definition) is 2. The quantitative estimate of drug-likeness (QED) is 0.614. The summed E-state index contributed by atoms with van der Waals surface area (Å²) in [5.74, 6) is -1.27. The van der Waals surface area contributed by atoms with Crippen molar-refractivity contribution in [1.29, 1.82) is 0 Å². The number of carbonyl (C=O) groups is 2. The van der Waals surface area contributed by atoms with Gasteiger partial charge in [-0.3, -0.25) is 4.79 Å². The first-order valence-electron chi connectivity index (χ1n) is 4.46. The van der Waals surface area contributed by atoms with Gasteiger partial charge in [0.05, 0.1) is 7.11 Å². The van der Waals surface area contributed by atoms with Crippen molar-refractivity contribution in [3.63, 3.8) is 0 Å². The van der Waals surface area contributed by atoms with Crippen molar-refractivity contribution < 1.29 is 19.4 Å². The molecule has 0 aliphatic heterocycles. The fraction of sp³-hybridized carbons (Fsp3) is 0.778. The molecule has 0 rings (SSSR count). The van der Waals surface area contributed by atoms with Gasteiger partial charge in [0.25, 0.3) is 0 Å². The van der Waals surface area contributed by atoms with Crippen molar-refractivity contribution in [3.8, 4) is 0 Å². The van der Waals surface area contributed by atoms with Crippen LogP contribution in [-0.2, 0) is 14.3 Å². The molecule has 82 valence electrons. The zero-order valence-corrected chi connectivity index (χ0v) is 8.90. The smallest absolute Gasteiger partial charge is 0.328 e. The molecule has 0 bridgehead atoms. The zero-order chi connectivity index (χ0) is 11.3. The van der Waals surface area contributed by atoms with Gasteiger partial charge in [0.2, 0.25) is 5.91 Å². The maximum atomic E-state index is 11.2. The molecule has 1 amide bonds. The van der Waals surface area contributed by atoms with Gasteiger partial charge in [-0.1, -0.05) is 13.8 Å². The highest BCUT2D eigenvalue weighted by atomic mass is 16.5. The SMILES string of the molecule is COC(=O)[C@@H](C)NC(=O)[C@@H](O)C(C)C. The zero-order valence-electron chi connectivity index (χ0n) is 8.90.